The molecule has 28 heavy (non-hydrogen) atoms. The number of rotatable bonds is 5. The Morgan fingerprint density at radius 3 is 2.21 bits per heavy atom. The second kappa shape index (κ2) is 8.81. The molecule has 148 valence electrons. The zero-order valence-corrected chi connectivity index (χ0v) is 15.8. The third-order valence-corrected chi connectivity index (χ3v) is 4.09. The first-order chi connectivity index (χ1) is 13.3. The van der Waals surface area contributed by atoms with Crippen LogP contribution in [-0.2, 0) is 10.3 Å². The van der Waals surface area contributed by atoms with Crippen LogP contribution in [0.1, 0.15) is 21.5 Å². The first kappa shape index (κ1) is 20.6. The first-order valence-electron chi connectivity index (χ1n) is 7.61. The van der Waals surface area contributed by atoms with Gasteiger partial charge in [0.15, 0.2) is 4.99 Å². The Hall–Kier alpha value is -3.67. The van der Waals surface area contributed by atoms with E-state index in [9.17, 15) is 23.1 Å². The monoisotopic (exact) mass is 408 g/mol. The molecule has 0 radical (unpaired) electrons. The molecule has 0 saturated heterocycles. The Kier molecular flexibility index (Phi) is 6.50. The molecule has 0 bridgehead atoms. The number of carbonyl (C=O) groups excluding carboxylic acids is 1. The van der Waals surface area contributed by atoms with Crippen molar-refractivity contribution in [2.75, 3.05) is 19.5 Å². The lowest BCUT2D eigenvalue weighted by molar-refractivity contribution is 0.0696. The van der Waals surface area contributed by atoms with Crippen LogP contribution in [0.25, 0.3) is 0 Å². The number of carbonyl (C=O) groups is 2. The molecule has 0 aliphatic carbocycles. The van der Waals surface area contributed by atoms with Crippen molar-refractivity contribution in [2.45, 2.75) is 6.92 Å². The summed E-state index contributed by atoms with van der Waals surface area (Å²) in [6.07, 6.45) is 0. The molecule has 1 aromatic carbocycles. The highest BCUT2D eigenvalue weighted by Crippen LogP contribution is 2.18. The van der Waals surface area contributed by atoms with Gasteiger partial charge in [0, 0.05) is 5.56 Å². The number of nitrogens with zero attached hydrogens (tertiary/aromatic N) is 2. The van der Waals surface area contributed by atoms with Gasteiger partial charge in [-0.1, -0.05) is 12.1 Å². The summed E-state index contributed by atoms with van der Waals surface area (Å²) in [5.41, 5.74) is -0.0693. The van der Waals surface area contributed by atoms with Gasteiger partial charge >= 0.3 is 12.0 Å². The molecule has 11 nitrogen and oxygen atoms in total. The topological polar surface area (TPSA) is 157 Å². The average Bonchev–Trinajstić information content (AvgIpc) is 2.65. The SMILES string of the molecule is COc1cc(OC)nc(NC(=O)NC(c2c(C)cccc2C(=O)O)=S(=O)=O)n1. The molecule has 0 fully saturated rings. The van der Waals surface area contributed by atoms with Gasteiger partial charge in [0.2, 0.25) is 28.0 Å². The largest absolute Gasteiger partial charge is 0.481 e. The van der Waals surface area contributed by atoms with Gasteiger partial charge in [-0.3, -0.25) is 10.6 Å². The van der Waals surface area contributed by atoms with Gasteiger partial charge < -0.3 is 14.6 Å². The minimum absolute atomic E-state index is 0.103. The standard InChI is InChI=1S/C16H16N4O7S/c1-8-5-4-6-9(14(21)22)12(8)13(28(24)25)19-16(23)20-15-17-10(26-2)7-11(18-15)27-3/h4-7H,1-3H3,(H,21,22)(H2,17,18,19,20,23). The fourth-order valence-corrected chi connectivity index (χ4v) is 2.85. The van der Waals surface area contributed by atoms with Crippen molar-refractivity contribution in [2.24, 2.45) is 0 Å². The molecule has 0 saturated carbocycles. The van der Waals surface area contributed by atoms with Crippen molar-refractivity contribution in [3.05, 3.63) is 41.0 Å². The van der Waals surface area contributed by atoms with E-state index in [0.717, 1.165) is 0 Å². The lowest BCUT2D eigenvalue weighted by atomic mass is 10.0. The van der Waals surface area contributed by atoms with E-state index < -0.39 is 27.3 Å². The number of carboxylic acid groups (broad SMARTS) is 1. The highest BCUT2D eigenvalue weighted by molar-refractivity contribution is 7.73. The highest BCUT2D eigenvalue weighted by atomic mass is 32.2. The molecular formula is C16H16N4O7S. The summed E-state index contributed by atoms with van der Waals surface area (Å²) < 4.78 is 33.3. The van der Waals surface area contributed by atoms with Crippen LogP contribution in [0.15, 0.2) is 24.3 Å². The molecule has 2 aromatic rings. The second-order valence-electron chi connectivity index (χ2n) is 5.22. The van der Waals surface area contributed by atoms with Crippen LogP contribution in [0, 0.1) is 6.92 Å². The third-order valence-electron chi connectivity index (χ3n) is 3.45. The summed E-state index contributed by atoms with van der Waals surface area (Å²) >= 11 is 0. The number of benzene rings is 1. The molecule has 0 unspecified atom stereocenters. The van der Waals surface area contributed by atoms with E-state index in [2.05, 4.69) is 20.6 Å². The molecule has 0 atom stereocenters. The van der Waals surface area contributed by atoms with E-state index in [0.29, 0.717) is 5.56 Å². The summed E-state index contributed by atoms with van der Waals surface area (Å²) in [6.45, 7) is 1.52. The zero-order chi connectivity index (χ0) is 20.8. The quantitative estimate of drug-likeness (QED) is 0.605. The Morgan fingerprint density at radius 2 is 1.71 bits per heavy atom. The van der Waals surface area contributed by atoms with E-state index in [1.54, 1.807) is 0 Å². The zero-order valence-electron chi connectivity index (χ0n) is 15.0. The average molecular weight is 408 g/mol. The summed E-state index contributed by atoms with van der Waals surface area (Å²) in [5.74, 6) is -1.35. The number of ether oxygens (including phenoxy) is 2. The maximum absolute atomic E-state index is 12.3. The minimum atomic E-state index is -2.94. The van der Waals surface area contributed by atoms with Gasteiger partial charge in [-0.2, -0.15) is 18.4 Å². The highest BCUT2D eigenvalue weighted by Gasteiger charge is 2.21. The van der Waals surface area contributed by atoms with Crippen molar-refractivity contribution >= 4 is 33.2 Å². The van der Waals surface area contributed by atoms with E-state index in [-0.39, 0.29) is 28.8 Å². The number of carboxylic acids is 1. The maximum Gasteiger partial charge on any atom is 0.336 e. The molecule has 2 amide bonds. The van der Waals surface area contributed by atoms with Crippen molar-refractivity contribution in [3.8, 4) is 11.8 Å². The Bertz CT molecular complexity index is 1040. The molecule has 12 heteroatoms. The van der Waals surface area contributed by atoms with Crippen LogP contribution in [0.5, 0.6) is 11.8 Å². The molecule has 3 N–H and O–H groups in total. The Labute approximate surface area is 160 Å². The van der Waals surface area contributed by atoms with Gasteiger partial charge in [-0.15, -0.1) is 0 Å². The fourth-order valence-electron chi connectivity index (χ4n) is 2.24. The lowest BCUT2D eigenvalue weighted by Gasteiger charge is -2.12. The molecule has 0 aliphatic heterocycles. The minimum Gasteiger partial charge on any atom is -0.481 e. The first-order valence-corrected chi connectivity index (χ1v) is 8.68. The van der Waals surface area contributed by atoms with Crippen molar-refractivity contribution < 1.29 is 32.6 Å². The molecular weight excluding hydrogens is 392 g/mol. The predicted octanol–water partition coefficient (Wildman–Crippen LogP) is 0.679. The van der Waals surface area contributed by atoms with Crippen LogP contribution in [-0.4, -0.2) is 54.7 Å². The molecule has 1 heterocycles. The van der Waals surface area contributed by atoms with Gasteiger partial charge in [0.25, 0.3) is 0 Å². The molecule has 0 spiro atoms. The number of urea groups is 1. The van der Waals surface area contributed by atoms with E-state index >= 15 is 0 Å². The van der Waals surface area contributed by atoms with E-state index in [1.165, 1.54) is 45.4 Å². The number of methoxy groups -OCH3 is 2. The van der Waals surface area contributed by atoms with Crippen molar-refractivity contribution in [1.29, 1.82) is 0 Å². The van der Waals surface area contributed by atoms with Crippen molar-refractivity contribution in [3.63, 3.8) is 0 Å². The lowest BCUT2D eigenvalue weighted by Crippen LogP contribution is -2.37. The third kappa shape index (κ3) is 4.73. The van der Waals surface area contributed by atoms with Crippen LogP contribution in [0.4, 0.5) is 10.7 Å². The van der Waals surface area contributed by atoms with E-state index in [4.69, 9.17) is 9.47 Å². The summed E-state index contributed by atoms with van der Waals surface area (Å²) in [5, 5.41) is 13.7. The second-order valence-corrected chi connectivity index (χ2v) is 6.10. The normalized spacial score (nSPS) is 9.96. The summed E-state index contributed by atoms with van der Waals surface area (Å²) in [4.78, 5) is 30.9. The van der Waals surface area contributed by atoms with Gasteiger partial charge in [0.1, 0.15) is 0 Å². The van der Waals surface area contributed by atoms with Crippen molar-refractivity contribution in [1.82, 2.24) is 15.3 Å². The number of aromatic nitrogens is 2. The summed E-state index contributed by atoms with van der Waals surface area (Å²) in [6, 6.07) is 4.58. The number of hydrogen-bond donors (Lipinski definition) is 3. The number of anilines is 1. The summed E-state index contributed by atoms with van der Waals surface area (Å²) in [7, 11) is -0.239. The number of aryl methyl sites for hydroxylation is 1. The smallest absolute Gasteiger partial charge is 0.336 e. The number of aromatic carboxylic acids is 1. The number of amides is 2. The Balaban J connectivity index is 2.37. The van der Waals surface area contributed by atoms with Gasteiger partial charge in [-0.25, -0.2) is 9.59 Å². The maximum atomic E-state index is 12.3. The van der Waals surface area contributed by atoms with Gasteiger partial charge in [-0.05, 0) is 18.6 Å². The molecule has 2 rings (SSSR count). The van der Waals surface area contributed by atoms with Crippen LogP contribution in [0.2, 0.25) is 0 Å². The Morgan fingerprint density at radius 1 is 1.11 bits per heavy atom. The molecule has 0 aliphatic rings. The van der Waals surface area contributed by atoms with Crippen LogP contribution in [0.3, 0.4) is 0 Å². The fraction of sp³-hybridized carbons (Fsp3) is 0.188. The van der Waals surface area contributed by atoms with Gasteiger partial charge in [0.05, 0.1) is 25.8 Å². The van der Waals surface area contributed by atoms with E-state index in [1.807, 2.05) is 0 Å². The van der Waals surface area contributed by atoms with Crippen LogP contribution < -0.4 is 20.1 Å². The molecule has 1 aromatic heterocycles. The number of hydrogen-bond acceptors (Lipinski definition) is 8. The number of nitrogens with one attached hydrogen (secondary N) is 2. The van der Waals surface area contributed by atoms with Crippen LogP contribution >= 0.6 is 0 Å². The predicted molar refractivity (Wildman–Crippen MR) is 98.5 cm³/mol.